The minimum atomic E-state index is -3.70. The van der Waals surface area contributed by atoms with Gasteiger partial charge in [0.15, 0.2) is 0 Å². The van der Waals surface area contributed by atoms with Gasteiger partial charge in [0.05, 0.1) is 5.75 Å². The molecular weight excluding hydrogens is 262 g/mol. The fourth-order valence-corrected chi connectivity index (χ4v) is 2.47. The molecule has 1 rings (SSSR count). The highest BCUT2D eigenvalue weighted by atomic mass is 35.7. The van der Waals surface area contributed by atoms with Crippen LogP contribution in [0.15, 0.2) is 6.07 Å². The maximum absolute atomic E-state index is 13.3. The van der Waals surface area contributed by atoms with Gasteiger partial charge in [-0.15, -0.1) is 0 Å². The summed E-state index contributed by atoms with van der Waals surface area (Å²) in [5.41, 5.74) is 1.14. The van der Waals surface area contributed by atoms with Gasteiger partial charge in [-0.1, -0.05) is 11.6 Å². The SMILES string of the molecule is Cc1c(F)cc(CS(=O)(=O)Cl)c(C)c1Cl. The van der Waals surface area contributed by atoms with Crippen molar-refractivity contribution in [1.82, 2.24) is 0 Å². The average Bonchev–Trinajstić information content (AvgIpc) is 2.08. The summed E-state index contributed by atoms with van der Waals surface area (Å²) in [4.78, 5) is 0. The first kappa shape index (κ1) is 12.7. The molecule has 0 fully saturated rings. The molecule has 0 atom stereocenters. The highest BCUT2D eigenvalue weighted by molar-refractivity contribution is 8.13. The minimum absolute atomic E-state index is 0.241. The minimum Gasteiger partial charge on any atom is -0.212 e. The Kier molecular flexibility index (Phi) is 3.63. The maximum Gasteiger partial charge on any atom is 0.236 e. The fraction of sp³-hybridized carbons (Fsp3) is 0.333. The summed E-state index contributed by atoms with van der Waals surface area (Å²) in [6.45, 7) is 3.16. The second-order valence-corrected chi connectivity index (χ2v) is 6.42. The topological polar surface area (TPSA) is 34.1 Å². The van der Waals surface area contributed by atoms with Crippen LogP contribution >= 0.6 is 22.3 Å². The van der Waals surface area contributed by atoms with E-state index in [9.17, 15) is 12.8 Å². The summed E-state index contributed by atoms with van der Waals surface area (Å²) < 4.78 is 35.0. The fourth-order valence-electron chi connectivity index (χ4n) is 1.23. The molecule has 1 aromatic carbocycles. The summed E-state index contributed by atoms with van der Waals surface area (Å²) in [6, 6.07) is 1.15. The Morgan fingerprint density at radius 3 is 2.33 bits per heavy atom. The van der Waals surface area contributed by atoms with Crippen LogP contribution < -0.4 is 0 Å². The standard InChI is InChI=1S/C9H9Cl2FO2S/c1-5-7(4-15(11,13)14)3-8(12)6(2)9(5)10/h3H,4H2,1-2H3. The van der Waals surface area contributed by atoms with Crippen molar-refractivity contribution in [2.75, 3.05) is 0 Å². The van der Waals surface area contributed by atoms with E-state index in [1.165, 1.54) is 6.92 Å². The van der Waals surface area contributed by atoms with Crippen LogP contribution in [0.2, 0.25) is 5.02 Å². The van der Waals surface area contributed by atoms with Crippen LogP contribution in [0.4, 0.5) is 4.39 Å². The van der Waals surface area contributed by atoms with Gasteiger partial charge in [0.2, 0.25) is 9.05 Å². The Labute approximate surface area is 97.4 Å². The molecule has 0 N–H and O–H groups in total. The van der Waals surface area contributed by atoms with E-state index in [4.69, 9.17) is 22.3 Å². The molecule has 0 spiro atoms. The van der Waals surface area contributed by atoms with E-state index >= 15 is 0 Å². The summed E-state index contributed by atoms with van der Waals surface area (Å²) in [7, 11) is 1.39. The van der Waals surface area contributed by atoms with Gasteiger partial charge in [-0.05, 0) is 31.0 Å². The van der Waals surface area contributed by atoms with Crippen LogP contribution in [0, 0.1) is 19.7 Å². The summed E-state index contributed by atoms with van der Waals surface area (Å²) in [5, 5.41) is 0.241. The molecule has 0 radical (unpaired) electrons. The predicted octanol–water partition coefficient (Wildman–Crippen LogP) is 3.16. The highest BCUT2D eigenvalue weighted by Crippen LogP contribution is 2.27. The molecule has 0 saturated heterocycles. The molecule has 0 aliphatic heterocycles. The van der Waals surface area contributed by atoms with E-state index in [2.05, 4.69) is 0 Å². The van der Waals surface area contributed by atoms with Crippen molar-refractivity contribution in [2.24, 2.45) is 0 Å². The first-order valence-electron chi connectivity index (χ1n) is 4.09. The maximum atomic E-state index is 13.3. The molecule has 0 unspecified atom stereocenters. The third-order valence-corrected chi connectivity index (χ3v) is 3.68. The lowest BCUT2D eigenvalue weighted by molar-refractivity contribution is 0.606. The van der Waals surface area contributed by atoms with Crippen LogP contribution in [0.1, 0.15) is 16.7 Å². The second-order valence-electron chi connectivity index (χ2n) is 3.26. The Morgan fingerprint density at radius 2 is 1.87 bits per heavy atom. The van der Waals surface area contributed by atoms with Gasteiger partial charge in [0, 0.05) is 21.3 Å². The molecule has 0 heterocycles. The molecule has 0 bridgehead atoms. The Balaban J connectivity index is 3.33. The zero-order chi connectivity index (χ0) is 11.8. The largest absolute Gasteiger partial charge is 0.236 e. The molecule has 2 nitrogen and oxygen atoms in total. The number of hydrogen-bond donors (Lipinski definition) is 0. The Morgan fingerprint density at radius 1 is 1.33 bits per heavy atom. The van der Waals surface area contributed by atoms with Crippen LogP contribution in [-0.2, 0) is 14.8 Å². The van der Waals surface area contributed by atoms with Crippen molar-refractivity contribution in [3.63, 3.8) is 0 Å². The second kappa shape index (κ2) is 4.28. The number of benzene rings is 1. The molecule has 0 aliphatic rings. The van der Waals surface area contributed by atoms with E-state index in [1.54, 1.807) is 6.92 Å². The third-order valence-electron chi connectivity index (χ3n) is 2.13. The first-order chi connectivity index (χ1) is 6.72. The van der Waals surface area contributed by atoms with Gasteiger partial charge in [-0.2, -0.15) is 0 Å². The predicted molar refractivity (Wildman–Crippen MR) is 59.4 cm³/mol. The van der Waals surface area contributed by atoms with Crippen LogP contribution in [-0.4, -0.2) is 8.42 Å². The number of hydrogen-bond acceptors (Lipinski definition) is 2. The molecule has 84 valence electrons. The van der Waals surface area contributed by atoms with Crippen molar-refractivity contribution in [2.45, 2.75) is 19.6 Å². The molecular formula is C9H9Cl2FO2S. The van der Waals surface area contributed by atoms with E-state index in [0.717, 1.165) is 6.07 Å². The van der Waals surface area contributed by atoms with Crippen molar-refractivity contribution >= 4 is 31.3 Å². The molecule has 0 saturated carbocycles. The van der Waals surface area contributed by atoms with Crippen molar-refractivity contribution in [3.8, 4) is 0 Å². The highest BCUT2D eigenvalue weighted by Gasteiger charge is 2.15. The van der Waals surface area contributed by atoms with Crippen molar-refractivity contribution in [3.05, 3.63) is 33.6 Å². The smallest absolute Gasteiger partial charge is 0.212 e. The van der Waals surface area contributed by atoms with Gasteiger partial charge in [0.25, 0.3) is 0 Å². The van der Waals surface area contributed by atoms with E-state index in [1.807, 2.05) is 0 Å². The molecule has 0 aliphatic carbocycles. The quantitative estimate of drug-likeness (QED) is 0.774. The van der Waals surface area contributed by atoms with E-state index in [0.29, 0.717) is 11.1 Å². The molecule has 0 amide bonds. The van der Waals surface area contributed by atoms with E-state index in [-0.39, 0.29) is 10.6 Å². The first-order valence-corrected chi connectivity index (χ1v) is 6.94. The van der Waals surface area contributed by atoms with Crippen molar-refractivity contribution < 1.29 is 12.8 Å². The van der Waals surface area contributed by atoms with Gasteiger partial charge in [-0.3, -0.25) is 0 Å². The monoisotopic (exact) mass is 270 g/mol. The lowest BCUT2D eigenvalue weighted by Crippen LogP contribution is -2.01. The van der Waals surface area contributed by atoms with Gasteiger partial charge in [0.1, 0.15) is 5.82 Å². The molecule has 6 heteroatoms. The zero-order valence-electron chi connectivity index (χ0n) is 8.14. The molecule has 15 heavy (non-hydrogen) atoms. The van der Waals surface area contributed by atoms with Gasteiger partial charge < -0.3 is 0 Å². The lowest BCUT2D eigenvalue weighted by Gasteiger charge is -2.09. The lowest BCUT2D eigenvalue weighted by atomic mass is 10.1. The van der Waals surface area contributed by atoms with Crippen LogP contribution in [0.25, 0.3) is 0 Å². The zero-order valence-corrected chi connectivity index (χ0v) is 10.5. The summed E-state index contributed by atoms with van der Waals surface area (Å²) in [5.74, 6) is -0.946. The third kappa shape index (κ3) is 3.06. The summed E-state index contributed by atoms with van der Waals surface area (Å²) in [6.07, 6.45) is 0. The summed E-state index contributed by atoms with van der Waals surface area (Å²) >= 11 is 5.84. The normalized spacial score (nSPS) is 11.8. The van der Waals surface area contributed by atoms with Gasteiger partial charge in [-0.25, -0.2) is 12.8 Å². The number of halogens is 3. The molecule has 0 aromatic heterocycles. The van der Waals surface area contributed by atoms with Gasteiger partial charge >= 0.3 is 0 Å². The Hall–Kier alpha value is -0.320. The Bertz CT molecular complexity index is 497. The average molecular weight is 271 g/mol. The van der Waals surface area contributed by atoms with Crippen LogP contribution in [0.5, 0.6) is 0 Å². The van der Waals surface area contributed by atoms with Crippen molar-refractivity contribution in [1.29, 1.82) is 0 Å². The number of rotatable bonds is 2. The van der Waals surface area contributed by atoms with E-state index < -0.39 is 20.6 Å². The molecule has 1 aromatic rings. The van der Waals surface area contributed by atoms with Crippen LogP contribution in [0.3, 0.4) is 0 Å².